The van der Waals surface area contributed by atoms with Gasteiger partial charge in [0.1, 0.15) is 12.0 Å². The quantitative estimate of drug-likeness (QED) is 0.303. The first kappa shape index (κ1) is 23.6. The molecule has 0 fully saturated rings. The third-order valence-electron chi connectivity index (χ3n) is 4.41. The second kappa shape index (κ2) is 12.1. The fraction of sp³-hybridized carbons (Fsp3) is 0.273. The van der Waals surface area contributed by atoms with Crippen LogP contribution in [0.4, 0.5) is 0 Å². The van der Waals surface area contributed by atoms with Crippen LogP contribution in [0, 0.1) is 0 Å². The lowest BCUT2D eigenvalue weighted by molar-refractivity contribution is -0.128. The van der Waals surface area contributed by atoms with Gasteiger partial charge in [-0.3, -0.25) is 14.4 Å². The summed E-state index contributed by atoms with van der Waals surface area (Å²) >= 11 is 0. The van der Waals surface area contributed by atoms with Crippen LogP contribution in [0.5, 0.6) is 5.75 Å². The van der Waals surface area contributed by atoms with Gasteiger partial charge in [-0.25, -0.2) is 0 Å². The van der Waals surface area contributed by atoms with Crippen molar-refractivity contribution in [3.63, 3.8) is 0 Å². The highest BCUT2D eigenvalue weighted by atomic mass is 16.3. The molecule has 2 atom stereocenters. The number of nitrogens with two attached hydrogens (primary N) is 1. The Bertz CT molecular complexity index is 887. The number of hydrogen-bond acceptors (Lipinski definition) is 6. The van der Waals surface area contributed by atoms with Crippen LogP contribution in [0.15, 0.2) is 54.6 Å². The summed E-state index contributed by atoms with van der Waals surface area (Å²) in [6, 6.07) is 13.9. The van der Waals surface area contributed by atoms with E-state index in [9.17, 15) is 24.3 Å². The molecule has 3 amide bonds. The number of benzene rings is 2. The third kappa shape index (κ3) is 8.67. The Hall–Kier alpha value is -3.72. The summed E-state index contributed by atoms with van der Waals surface area (Å²) < 4.78 is 0. The lowest BCUT2D eigenvalue weighted by Gasteiger charge is -2.14. The lowest BCUT2D eigenvalue weighted by atomic mass is 10.1. The molecular weight excluding hydrogens is 400 g/mol. The highest BCUT2D eigenvalue weighted by Crippen LogP contribution is 2.10. The summed E-state index contributed by atoms with van der Waals surface area (Å²) in [6.45, 7) is -0.663. The molecule has 2 aromatic carbocycles. The molecule has 0 spiro atoms. The minimum atomic E-state index is -0.869. The SMILES string of the molecule is N[C@@H](Cc1ccc(O)cc1)C(=O)NCC(=O)NCC(=O)N[C@H](C=O)Cc1ccccc1. The molecule has 0 radical (unpaired) electrons. The van der Waals surface area contributed by atoms with E-state index < -0.39 is 29.8 Å². The Balaban J connectivity index is 1.68. The van der Waals surface area contributed by atoms with Crippen LogP contribution in [0.25, 0.3) is 0 Å². The number of hydrogen-bond donors (Lipinski definition) is 5. The molecule has 31 heavy (non-hydrogen) atoms. The molecule has 0 bridgehead atoms. The summed E-state index contributed by atoms with van der Waals surface area (Å²) in [7, 11) is 0. The Morgan fingerprint density at radius 2 is 1.48 bits per heavy atom. The smallest absolute Gasteiger partial charge is 0.239 e. The van der Waals surface area contributed by atoms with E-state index in [2.05, 4.69) is 16.0 Å². The number of phenols is 1. The average molecular weight is 426 g/mol. The molecule has 6 N–H and O–H groups in total. The summed E-state index contributed by atoms with van der Waals surface area (Å²) in [5.41, 5.74) is 7.49. The van der Waals surface area contributed by atoms with E-state index in [1.54, 1.807) is 12.1 Å². The van der Waals surface area contributed by atoms with Crippen LogP contribution in [0.2, 0.25) is 0 Å². The topological polar surface area (TPSA) is 151 Å². The zero-order valence-electron chi connectivity index (χ0n) is 16.9. The number of carbonyl (C=O) groups is 4. The zero-order valence-corrected chi connectivity index (χ0v) is 16.9. The van der Waals surface area contributed by atoms with E-state index in [4.69, 9.17) is 5.73 Å². The minimum Gasteiger partial charge on any atom is -0.508 e. The normalized spacial score (nSPS) is 12.3. The van der Waals surface area contributed by atoms with Crippen molar-refractivity contribution in [3.05, 3.63) is 65.7 Å². The Kier molecular flexibility index (Phi) is 9.18. The summed E-state index contributed by atoms with van der Waals surface area (Å²) in [4.78, 5) is 47.1. The lowest BCUT2D eigenvalue weighted by Crippen LogP contribution is -2.48. The van der Waals surface area contributed by atoms with Crippen LogP contribution < -0.4 is 21.7 Å². The van der Waals surface area contributed by atoms with Crippen LogP contribution in [-0.4, -0.2) is 54.3 Å². The number of aromatic hydroxyl groups is 1. The zero-order chi connectivity index (χ0) is 22.6. The maximum atomic E-state index is 12.0. The molecule has 0 unspecified atom stereocenters. The first-order valence-corrected chi connectivity index (χ1v) is 9.74. The summed E-state index contributed by atoms with van der Waals surface area (Å²) in [5.74, 6) is -1.48. The highest BCUT2D eigenvalue weighted by Gasteiger charge is 2.16. The van der Waals surface area contributed by atoms with Crippen molar-refractivity contribution < 1.29 is 24.3 Å². The molecule has 0 aliphatic heterocycles. The van der Waals surface area contributed by atoms with Gasteiger partial charge in [0.15, 0.2) is 0 Å². The molecule has 2 rings (SSSR count). The van der Waals surface area contributed by atoms with E-state index in [0.717, 1.165) is 11.1 Å². The van der Waals surface area contributed by atoms with Gasteiger partial charge in [0.2, 0.25) is 17.7 Å². The van der Waals surface area contributed by atoms with Crippen molar-refractivity contribution in [1.29, 1.82) is 0 Å². The predicted molar refractivity (Wildman–Crippen MR) is 114 cm³/mol. The van der Waals surface area contributed by atoms with E-state index in [-0.39, 0.29) is 25.3 Å². The van der Waals surface area contributed by atoms with Gasteiger partial charge in [-0.2, -0.15) is 0 Å². The van der Waals surface area contributed by atoms with Crippen molar-refractivity contribution in [3.8, 4) is 5.75 Å². The molecule has 9 heteroatoms. The van der Waals surface area contributed by atoms with Crippen molar-refractivity contribution >= 4 is 24.0 Å². The van der Waals surface area contributed by atoms with Gasteiger partial charge in [-0.05, 0) is 36.1 Å². The Morgan fingerprint density at radius 1 is 0.871 bits per heavy atom. The molecule has 0 saturated heterocycles. The summed E-state index contributed by atoms with van der Waals surface area (Å²) in [5, 5.41) is 16.6. The van der Waals surface area contributed by atoms with Gasteiger partial charge in [0.25, 0.3) is 0 Å². The van der Waals surface area contributed by atoms with Gasteiger partial charge < -0.3 is 31.6 Å². The molecule has 0 heterocycles. The molecule has 2 aromatic rings. The van der Waals surface area contributed by atoms with Gasteiger partial charge in [-0.15, -0.1) is 0 Å². The number of amides is 3. The average Bonchev–Trinajstić information content (AvgIpc) is 2.77. The maximum absolute atomic E-state index is 12.0. The molecule has 0 saturated carbocycles. The van der Waals surface area contributed by atoms with E-state index in [1.165, 1.54) is 12.1 Å². The van der Waals surface area contributed by atoms with Crippen LogP contribution in [-0.2, 0) is 32.0 Å². The van der Waals surface area contributed by atoms with Crippen molar-refractivity contribution in [2.24, 2.45) is 5.73 Å². The summed E-state index contributed by atoms with van der Waals surface area (Å²) in [6.07, 6.45) is 1.23. The fourth-order valence-electron chi connectivity index (χ4n) is 2.78. The minimum absolute atomic E-state index is 0.113. The fourth-order valence-corrected chi connectivity index (χ4v) is 2.78. The van der Waals surface area contributed by atoms with Gasteiger partial charge in [0, 0.05) is 0 Å². The van der Waals surface area contributed by atoms with Crippen LogP contribution in [0.1, 0.15) is 11.1 Å². The van der Waals surface area contributed by atoms with Crippen molar-refractivity contribution in [2.45, 2.75) is 24.9 Å². The standard InChI is InChI=1S/C22H26N4O5/c23-19(11-16-6-8-18(28)9-7-16)22(31)25-12-20(29)24-13-21(30)26-17(14-27)10-15-4-2-1-3-5-15/h1-9,14,17,19,28H,10-13,23H2,(H,24,29)(H,25,31)(H,26,30)/t17-,19-/m0/s1. The number of carbonyl (C=O) groups excluding carboxylic acids is 4. The van der Waals surface area contributed by atoms with E-state index in [1.807, 2.05) is 30.3 Å². The predicted octanol–water partition coefficient (Wildman–Crippen LogP) is -0.579. The van der Waals surface area contributed by atoms with E-state index >= 15 is 0 Å². The Labute approximate surface area is 180 Å². The maximum Gasteiger partial charge on any atom is 0.239 e. The van der Waals surface area contributed by atoms with Gasteiger partial charge in [0.05, 0.1) is 25.2 Å². The molecule has 164 valence electrons. The van der Waals surface area contributed by atoms with Crippen molar-refractivity contribution in [2.75, 3.05) is 13.1 Å². The van der Waals surface area contributed by atoms with Gasteiger partial charge >= 0.3 is 0 Å². The second-order valence-electron chi connectivity index (χ2n) is 6.97. The second-order valence-corrected chi connectivity index (χ2v) is 6.97. The molecule has 0 aromatic heterocycles. The first-order chi connectivity index (χ1) is 14.9. The first-order valence-electron chi connectivity index (χ1n) is 9.74. The molecule has 0 aliphatic rings. The molecule has 9 nitrogen and oxygen atoms in total. The Morgan fingerprint density at radius 3 is 2.13 bits per heavy atom. The van der Waals surface area contributed by atoms with Crippen molar-refractivity contribution in [1.82, 2.24) is 16.0 Å². The largest absolute Gasteiger partial charge is 0.508 e. The number of rotatable bonds is 11. The monoisotopic (exact) mass is 426 g/mol. The van der Waals surface area contributed by atoms with Crippen LogP contribution in [0.3, 0.4) is 0 Å². The molecular formula is C22H26N4O5. The highest BCUT2D eigenvalue weighted by molar-refractivity contribution is 5.90. The number of aldehydes is 1. The number of phenolic OH excluding ortho intramolecular Hbond substituents is 1. The number of nitrogens with one attached hydrogen (secondary N) is 3. The van der Waals surface area contributed by atoms with E-state index in [0.29, 0.717) is 12.7 Å². The molecule has 0 aliphatic carbocycles. The third-order valence-corrected chi connectivity index (χ3v) is 4.41. The van der Waals surface area contributed by atoms with Crippen LogP contribution >= 0.6 is 0 Å². The van der Waals surface area contributed by atoms with Gasteiger partial charge in [-0.1, -0.05) is 42.5 Å².